The van der Waals surface area contributed by atoms with Gasteiger partial charge in [-0.2, -0.15) is 0 Å². The Morgan fingerprint density at radius 2 is 2.36 bits per heavy atom. The molecule has 9 heteroatoms. The van der Waals surface area contributed by atoms with Gasteiger partial charge in [-0.15, -0.1) is 11.3 Å². The lowest BCUT2D eigenvalue weighted by molar-refractivity contribution is -0.142. The van der Waals surface area contributed by atoms with Crippen molar-refractivity contribution in [3.05, 3.63) is 11.1 Å². The van der Waals surface area contributed by atoms with Gasteiger partial charge < -0.3 is 10.1 Å². The summed E-state index contributed by atoms with van der Waals surface area (Å²) in [6, 6.07) is -0.348. The Balaban J connectivity index is 1.90. The van der Waals surface area contributed by atoms with E-state index < -0.39 is 5.25 Å². The lowest BCUT2D eigenvalue weighted by Crippen LogP contribution is -2.38. The van der Waals surface area contributed by atoms with E-state index in [2.05, 4.69) is 10.3 Å². The third-order valence-electron chi connectivity index (χ3n) is 2.91. The number of amides is 3. The second-order valence-electron chi connectivity index (χ2n) is 4.57. The Bertz CT molecular complexity index is 575. The number of rotatable bonds is 6. The van der Waals surface area contributed by atoms with Crippen LogP contribution in [0.4, 0.5) is 4.79 Å². The molecule has 1 N–H and O–H groups in total. The molecule has 0 bridgehead atoms. The summed E-state index contributed by atoms with van der Waals surface area (Å²) in [5.74, 6) is -0.552. The molecule has 1 saturated heterocycles. The number of thiazole rings is 1. The molecule has 120 valence electrons. The van der Waals surface area contributed by atoms with Crippen LogP contribution in [-0.4, -0.2) is 52.7 Å². The Labute approximate surface area is 136 Å². The zero-order chi connectivity index (χ0) is 16.1. The van der Waals surface area contributed by atoms with Crippen molar-refractivity contribution < 1.29 is 19.1 Å². The molecule has 1 fully saturated rings. The van der Waals surface area contributed by atoms with Crippen LogP contribution in [0.25, 0.3) is 0 Å². The van der Waals surface area contributed by atoms with Crippen LogP contribution in [0.3, 0.4) is 0 Å². The Morgan fingerprint density at radius 1 is 1.59 bits per heavy atom. The van der Waals surface area contributed by atoms with E-state index in [4.69, 9.17) is 4.74 Å². The van der Waals surface area contributed by atoms with Gasteiger partial charge in [-0.05, 0) is 13.8 Å². The summed E-state index contributed by atoms with van der Waals surface area (Å²) >= 11 is 2.66. The summed E-state index contributed by atoms with van der Waals surface area (Å²) in [6.07, 6.45) is 0.127. The lowest BCUT2D eigenvalue weighted by Gasteiger charge is -2.16. The van der Waals surface area contributed by atoms with E-state index in [9.17, 15) is 14.4 Å². The van der Waals surface area contributed by atoms with E-state index in [0.717, 1.165) is 0 Å². The summed E-state index contributed by atoms with van der Waals surface area (Å²) in [5.41, 5.74) is 0.629. The van der Waals surface area contributed by atoms with Crippen LogP contribution in [0.1, 0.15) is 19.5 Å². The van der Waals surface area contributed by atoms with Gasteiger partial charge in [0.15, 0.2) is 4.34 Å². The highest BCUT2D eigenvalue weighted by atomic mass is 32.2. The summed E-state index contributed by atoms with van der Waals surface area (Å²) in [4.78, 5) is 40.6. The van der Waals surface area contributed by atoms with Crippen LogP contribution < -0.4 is 5.32 Å². The molecule has 1 atom stereocenters. The molecule has 1 aliphatic heterocycles. The predicted molar refractivity (Wildman–Crippen MR) is 82.9 cm³/mol. The normalized spacial score (nSPS) is 15.5. The van der Waals surface area contributed by atoms with Crippen molar-refractivity contribution in [1.82, 2.24) is 15.2 Å². The first-order valence-electron chi connectivity index (χ1n) is 6.87. The van der Waals surface area contributed by atoms with Gasteiger partial charge in [0.2, 0.25) is 5.91 Å². The summed E-state index contributed by atoms with van der Waals surface area (Å²) in [5, 5.41) is 3.96. The van der Waals surface area contributed by atoms with E-state index in [1.54, 1.807) is 19.2 Å². The fourth-order valence-corrected chi connectivity index (χ4v) is 3.93. The first-order valence-corrected chi connectivity index (χ1v) is 8.63. The summed E-state index contributed by atoms with van der Waals surface area (Å²) in [7, 11) is 0. The highest BCUT2D eigenvalue weighted by Gasteiger charge is 2.30. The molecule has 0 aliphatic carbocycles. The molecule has 22 heavy (non-hydrogen) atoms. The molecule has 0 aromatic carbocycles. The van der Waals surface area contributed by atoms with Crippen LogP contribution in [0.2, 0.25) is 0 Å². The average Bonchev–Trinajstić information content (AvgIpc) is 3.07. The van der Waals surface area contributed by atoms with Crippen LogP contribution in [-0.2, 0) is 20.7 Å². The van der Waals surface area contributed by atoms with Gasteiger partial charge in [0, 0.05) is 18.5 Å². The number of ether oxygens (including phenoxy) is 1. The van der Waals surface area contributed by atoms with Crippen LogP contribution in [0, 0.1) is 0 Å². The third kappa shape index (κ3) is 4.20. The molecule has 7 nitrogen and oxygen atoms in total. The van der Waals surface area contributed by atoms with Gasteiger partial charge in [0.1, 0.15) is 0 Å². The minimum absolute atomic E-state index is 0.127. The van der Waals surface area contributed by atoms with Gasteiger partial charge in [-0.3, -0.25) is 14.5 Å². The van der Waals surface area contributed by atoms with Crippen molar-refractivity contribution in [2.45, 2.75) is 29.9 Å². The third-order valence-corrected chi connectivity index (χ3v) is 5.02. The predicted octanol–water partition coefficient (Wildman–Crippen LogP) is 1.28. The molecule has 0 spiro atoms. The number of hydrogen-bond donors (Lipinski definition) is 1. The Morgan fingerprint density at radius 3 is 3.00 bits per heavy atom. The molecule has 1 aromatic heterocycles. The second kappa shape index (κ2) is 7.59. The zero-order valence-electron chi connectivity index (χ0n) is 12.3. The minimum Gasteiger partial charge on any atom is -0.466 e. The molecular formula is C13H17N3O4S2. The van der Waals surface area contributed by atoms with Crippen molar-refractivity contribution in [2.24, 2.45) is 0 Å². The maximum atomic E-state index is 12.2. The monoisotopic (exact) mass is 343 g/mol. The molecule has 0 saturated carbocycles. The standard InChI is InChI=1S/C13H17N3O4S2/c1-3-20-10(17)6-9-7-21-13(15-9)22-8(2)11(18)16-5-4-14-12(16)19/h7-8H,3-6H2,1-2H3,(H,14,19)/t8-/m1/s1. The maximum absolute atomic E-state index is 12.2. The number of urea groups is 1. The fourth-order valence-electron chi connectivity index (χ4n) is 1.89. The van der Waals surface area contributed by atoms with Gasteiger partial charge in [0.05, 0.1) is 24.0 Å². The highest BCUT2D eigenvalue weighted by Crippen LogP contribution is 2.28. The van der Waals surface area contributed by atoms with E-state index in [1.807, 2.05) is 0 Å². The first kappa shape index (κ1) is 16.8. The largest absolute Gasteiger partial charge is 0.466 e. The molecule has 3 amide bonds. The second-order valence-corrected chi connectivity index (χ2v) is 7.01. The number of nitrogens with one attached hydrogen (secondary N) is 1. The van der Waals surface area contributed by atoms with Gasteiger partial charge in [-0.25, -0.2) is 9.78 Å². The number of esters is 1. The topological polar surface area (TPSA) is 88.6 Å². The number of thioether (sulfide) groups is 1. The summed E-state index contributed by atoms with van der Waals surface area (Å²) < 4.78 is 5.56. The minimum atomic E-state index is -0.412. The lowest BCUT2D eigenvalue weighted by atomic mass is 10.3. The summed E-state index contributed by atoms with van der Waals surface area (Å²) in [6.45, 7) is 4.72. The number of imide groups is 1. The first-order chi connectivity index (χ1) is 10.5. The van der Waals surface area contributed by atoms with Crippen LogP contribution in [0.5, 0.6) is 0 Å². The van der Waals surface area contributed by atoms with E-state index >= 15 is 0 Å². The SMILES string of the molecule is CCOC(=O)Cc1csc(S[C@H](C)C(=O)N2CCNC2=O)n1. The number of aromatic nitrogens is 1. The Hall–Kier alpha value is -1.61. The number of nitrogens with zero attached hydrogens (tertiary/aromatic N) is 2. The zero-order valence-corrected chi connectivity index (χ0v) is 14.0. The average molecular weight is 343 g/mol. The fraction of sp³-hybridized carbons (Fsp3) is 0.538. The van der Waals surface area contributed by atoms with Crippen molar-refractivity contribution in [2.75, 3.05) is 19.7 Å². The van der Waals surface area contributed by atoms with Gasteiger partial charge in [-0.1, -0.05) is 11.8 Å². The van der Waals surface area contributed by atoms with Crippen molar-refractivity contribution in [3.63, 3.8) is 0 Å². The van der Waals surface area contributed by atoms with E-state index in [-0.39, 0.29) is 24.3 Å². The molecule has 1 aliphatic rings. The van der Waals surface area contributed by atoms with Crippen molar-refractivity contribution in [3.8, 4) is 0 Å². The van der Waals surface area contributed by atoms with Crippen molar-refractivity contribution in [1.29, 1.82) is 0 Å². The molecule has 2 rings (SSSR count). The molecule has 2 heterocycles. The van der Waals surface area contributed by atoms with Crippen molar-refractivity contribution >= 4 is 41.0 Å². The van der Waals surface area contributed by atoms with E-state index in [1.165, 1.54) is 28.0 Å². The molecule has 0 radical (unpaired) electrons. The van der Waals surface area contributed by atoms with Gasteiger partial charge in [0.25, 0.3) is 0 Å². The van der Waals surface area contributed by atoms with Crippen LogP contribution in [0.15, 0.2) is 9.72 Å². The molecule has 1 aromatic rings. The van der Waals surface area contributed by atoms with Crippen LogP contribution >= 0.6 is 23.1 Å². The molecule has 0 unspecified atom stereocenters. The Kier molecular flexibility index (Phi) is 5.78. The number of carbonyl (C=O) groups excluding carboxylic acids is 3. The highest BCUT2D eigenvalue weighted by molar-refractivity contribution is 8.02. The number of carbonyl (C=O) groups is 3. The quantitative estimate of drug-likeness (QED) is 0.618. The molecular weight excluding hydrogens is 326 g/mol. The maximum Gasteiger partial charge on any atom is 0.324 e. The van der Waals surface area contributed by atoms with Gasteiger partial charge >= 0.3 is 12.0 Å². The van der Waals surface area contributed by atoms with E-state index in [0.29, 0.717) is 29.7 Å². The number of hydrogen-bond acceptors (Lipinski definition) is 7. The smallest absolute Gasteiger partial charge is 0.324 e.